The molecule has 92 valence electrons. The van der Waals surface area contributed by atoms with Gasteiger partial charge in [0, 0.05) is 24.2 Å². The molecule has 1 aliphatic rings. The maximum atomic E-state index is 12.3. The highest BCUT2D eigenvalue weighted by Gasteiger charge is 2.50. The van der Waals surface area contributed by atoms with E-state index in [0.29, 0.717) is 6.54 Å². The summed E-state index contributed by atoms with van der Waals surface area (Å²) in [5.74, 6) is 0.150. The molecule has 1 aromatic rings. The fraction of sp³-hybridized carbons (Fsp3) is 0.462. The average molecular weight is 250 g/mol. The first-order valence-electron chi connectivity index (χ1n) is 5.75. The van der Waals surface area contributed by atoms with Crippen LogP contribution in [0.4, 0.5) is 5.69 Å². The Balaban J connectivity index is 2.13. The van der Waals surface area contributed by atoms with E-state index in [4.69, 9.17) is 5.73 Å². The molecular formula is C13H18N2OS. The Labute approximate surface area is 106 Å². The number of nitrogens with zero attached hydrogens (tertiary/aromatic N) is 1. The summed E-state index contributed by atoms with van der Waals surface area (Å²) in [4.78, 5) is 15.2. The number of carbonyl (C=O) groups excluding carboxylic acids is 1. The first-order chi connectivity index (χ1) is 8.13. The number of amides is 1. The lowest BCUT2D eigenvalue weighted by molar-refractivity contribution is -0.123. The van der Waals surface area contributed by atoms with E-state index in [0.717, 1.165) is 18.5 Å². The maximum absolute atomic E-state index is 12.3. The van der Waals surface area contributed by atoms with E-state index in [2.05, 4.69) is 0 Å². The van der Waals surface area contributed by atoms with E-state index in [-0.39, 0.29) is 11.3 Å². The first kappa shape index (κ1) is 12.5. The van der Waals surface area contributed by atoms with E-state index in [1.165, 1.54) is 4.90 Å². The van der Waals surface area contributed by atoms with Gasteiger partial charge in [0.2, 0.25) is 5.91 Å². The van der Waals surface area contributed by atoms with Gasteiger partial charge >= 0.3 is 0 Å². The highest BCUT2D eigenvalue weighted by atomic mass is 32.2. The molecule has 1 aromatic carbocycles. The number of rotatable bonds is 4. The van der Waals surface area contributed by atoms with E-state index in [1.54, 1.807) is 16.7 Å². The van der Waals surface area contributed by atoms with Crippen LogP contribution in [-0.2, 0) is 4.79 Å². The molecule has 3 nitrogen and oxygen atoms in total. The first-order valence-corrected chi connectivity index (χ1v) is 6.98. The van der Waals surface area contributed by atoms with Gasteiger partial charge in [-0.05, 0) is 43.4 Å². The quantitative estimate of drug-likeness (QED) is 0.833. The number of hydrogen-bond acceptors (Lipinski definition) is 3. The zero-order valence-corrected chi connectivity index (χ0v) is 11.1. The van der Waals surface area contributed by atoms with Gasteiger partial charge in [-0.3, -0.25) is 4.79 Å². The lowest BCUT2D eigenvalue weighted by Crippen LogP contribution is -2.38. The Morgan fingerprint density at radius 1 is 1.41 bits per heavy atom. The van der Waals surface area contributed by atoms with Crippen molar-refractivity contribution in [3.63, 3.8) is 0 Å². The van der Waals surface area contributed by atoms with E-state index < -0.39 is 0 Å². The minimum absolute atomic E-state index is 0.150. The molecule has 17 heavy (non-hydrogen) atoms. The molecule has 0 aliphatic heterocycles. The molecule has 0 saturated heterocycles. The number of benzene rings is 1. The Morgan fingerprint density at radius 2 is 2.00 bits per heavy atom. The summed E-state index contributed by atoms with van der Waals surface area (Å²) in [7, 11) is 1.83. The van der Waals surface area contributed by atoms with Gasteiger partial charge in [-0.2, -0.15) is 0 Å². The van der Waals surface area contributed by atoms with Crippen LogP contribution in [0.5, 0.6) is 0 Å². The van der Waals surface area contributed by atoms with Crippen LogP contribution in [-0.4, -0.2) is 25.8 Å². The monoisotopic (exact) mass is 250 g/mol. The van der Waals surface area contributed by atoms with Gasteiger partial charge in [-0.25, -0.2) is 0 Å². The molecule has 1 fully saturated rings. The van der Waals surface area contributed by atoms with Crippen LogP contribution in [0.3, 0.4) is 0 Å². The smallest absolute Gasteiger partial charge is 0.234 e. The van der Waals surface area contributed by atoms with Crippen LogP contribution >= 0.6 is 11.8 Å². The van der Waals surface area contributed by atoms with Gasteiger partial charge in [-0.15, -0.1) is 11.8 Å². The third-order valence-electron chi connectivity index (χ3n) is 3.46. The largest absolute Gasteiger partial charge is 0.329 e. The van der Waals surface area contributed by atoms with Crippen molar-refractivity contribution < 1.29 is 4.79 Å². The summed E-state index contributed by atoms with van der Waals surface area (Å²) in [6.45, 7) is 0.457. The van der Waals surface area contributed by atoms with Crippen molar-refractivity contribution in [2.24, 2.45) is 11.1 Å². The van der Waals surface area contributed by atoms with Gasteiger partial charge in [0.15, 0.2) is 0 Å². The number of carbonyl (C=O) groups is 1. The van der Waals surface area contributed by atoms with Crippen molar-refractivity contribution in [3.05, 3.63) is 24.3 Å². The Kier molecular flexibility index (Phi) is 3.45. The van der Waals surface area contributed by atoms with Crippen LogP contribution in [0.1, 0.15) is 12.8 Å². The summed E-state index contributed by atoms with van der Waals surface area (Å²) < 4.78 is 0. The highest BCUT2D eigenvalue weighted by Crippen LogP contribution is 2.46. The zero-order chi connectivity index (χ0) is 12.5. The second-order valence-electron chi connectivity index (χ2n) is 4.55. The van der Waals surface area contributed by atoms with Gasteiger partial charge in [0.25, 0.3) is 0 Å². The molecule has 2 N–H and O–H groups in total. The number of anilines is 1. The molecule has 0 atom stereocenters. The van der Waals surface area contributed by atoms with Gasteiger partial charge < -0.3 is 10.6 Å². The molecule has 4 heteroatoms. The van der Waals surface area contributed by atoms with Crippen LogP contribution in [0, 0.1) is 5.41 Å². The van der Waals surface area contributed by atoms with Crippen LogP contribution in [0.2, 0.25) is 0 Å². The van der Waals surface area contributed by atoms with Crippen molar-refractivity contribution in [3.8, 4) is 0 Å². The van der Waals surface area contributed by atoms with Crippen LogP contribution in [0.25, 0.3) is 0 Å². The molecule has 1 saturated carbocycles. The molecule has 0 heterocycles. The summed E-state index contributed by atoms with van der Waals surface area (Å²) in [6, 6.07) is 8.03. The van der Waals surface area contributed by atoms with Crippen molar-refractivity contribution in [1.82, 2.24) is 0 Å². The third-order valence-corrected chi connectivity index (χ3v) is 4.21. The van der Waals surface area contributed by atoms with Crippen molar-refractivity contribution in [2.75, 3.05) is 24.7 Å². The SMILES string of the molecule is CSc1ccc(N(C)C(=O)C2(CN)CC2)cc1. The Morgan fingerprint density at radius 3 is 2.41 bits per heavy atom. The normalized spacial score (nSPS) is 16.6. The molecule has 1 aliphatic carbocycles. The van der Waals surface area contributed by atoms with Crippen LogP contribution in [0.15, 0.2) is 29.2 Å². The second kappa shape index (κ2) is 4.70. The minimum atomic E-state index is -0.271. The van der Waals surface area contributed by atoms with Gasteiger partial charge in [-0.1, -0.05) is 0 Å². The zero-order valence-electron chi connectivity index (χ0n) is 10.3. The molecule has 0 unspecified atom stereocenters. The predicted molar refractivity (Wildman–Crippen MR) is 72.4 cm³/mol. The lowest BCUT2D eigenvalue weighted by atomic mass is 10.1. The summed E-state index contributed by atoms with van der Waals surface area (Å²) in [5.41, 5.74) is 6.35. The summed E-state index contributed by atoms with van der Waals surface area (Å²) in [6.07, 6.45) is 3.89. The van der Waals surface area contributed by atoms with Crippen molar-refractivity contribution in [2.45, 2.75) is 17.7 Å². The number of thioether (sulfide) groups is 1. The lowest BCUT2D eigenvalue weighted by Gasteiger charge is -2.22. The summed E-state index contributed by atoms with van der Waals surface area (Å²) >= 11 is 1.70. The fourth-order valence-corrected chi connectivity index (χ4v) is 2.34. The maximum Gasteiger partial charge on any atom is 0.234 e. The Hall–Kier alpha value is -1.00. The highest BCUT2D eigenvalue weighted by molar-refractivity contribution is 7.98. The van der Waals surface area contributed by atoms with E-state index in [9.17, 15) is 4.79 Å². The molecule has 0 spiro atoms. The minimum Gasteiger partial charge on any atom is -0.329 e. The van der Waals surface area contributed by atoms with E-state index in [1.807, 2.05) is 37.6 Å². The number of hydrogen-bond donors (Lipinski definition) is 1. The molecule has 0 aromatic heterocycles. The fourth-order valence-electron chi connectivity index (χ4n) is 1.94. The van der Waals surface area contributed by atoms with Crippen molar-refractivity contribution in [1.29, 1.82) is 0 Å². The topological polar surface area (TPSA) is 46.3 Å². The average Bonchev–Trinajstić information content (AvgIpc) is 3.18. The van der Waals surface area contributed by atoms with Crippen molar-refractivity contribution >= 4 is 23.4 Å². The van der Waals surface area contributed by atoms with Gasteiger partial charge in [0.1, 0.15) is 0 Å². The molecule has 0 bridgehead atoms. The molecular weight excluding hydrogens is 232 g/mol. The Bertz CT molecular complexity index is 412. The standard InChI is InChI=1S/C13H18N2OS/c1-15(12(16)13(9-14)7-8-13)10-3-5-11(17-2)6-4-10/h3-6H,7-9,14H2,1-2H3. The molecule has 1 amide bonds. The van der Waals surface area contributed by atoms with Gasteiger partial charge in [0.05, 0.1) is 5.41 Å². The molecule has 2 rings (SSSR count). The predicted octanol–water partition coefficient (Wildman–Crippen LogP) is 2.11. The third kappa shape index (κ3) is 2.33. The van der Waals surface area contributed by atoms with Crippen LogP contribution < -0.4 is 10.6 Å². The second-order valence-corrected chi connectivity index (χ2v) is 5.43. The molecule has 0 radical (unpaired) electrons. The summed E-state index contributed by atoms with van der Waals surface area (Å²) in [5, 5.41) is 0. The van der Waals surface area contributed by atoms with E-state index >= 15 is 0 Å². The number of nitrogens with two attached hydrogens (primary N) is 1.